The van der Waals surface area contributed by atoms with E-state index in [0.29, 0.717) is 5.92 Å². The van der Waals surface area contributed by atoms with Gasteiger partial charge in [0.1, 0.15) is 0 Å². The molecule has 1 aliphatic rings. The first kappa shape index (κ1) is 10.8. The van der Waals surface area contributed by atoms with E-state index in [2.05, 4.69) is 25.0 Å². The van der Waals surface area contributed by atoms with Crippen LogP contribution in [0.1, 0.15) is 22.9 Å². The van der Waals surface area contributed by atoms with Crippen LogP contribution < -0.4 is 4.74 Å². The van der Waals surface area contributed by atoms with E-state index in [4.69, 9.17) is 4.74 Å². The zero-order valence-corrected chi connectivity index (χ0v) is 14.1. The van der Waals surface area contributed by atoms with Crippen molar-refractivity contribution in [3.63, 3.8) is 0 Å². The molecule has 0 saturated carbocycles. The molecule has 3 rings (SSSR count). The third-order valence-electron chi connectivity index (χ3n) is 2.86. The van der Waals surface area contributed by atoms with Crippen LogP contribution in [0.5, 0.6) is 5.75 Å². The predicted octanol–water partition coefficient (Wildman–Crippen LogP) is 1.98. The summed E-state index contributed by atoms with van der Waals surface area (Å²) in [5.74, 6) is 1.69. The Balaban J connectivity index is 1.82. The fourth-order valence-electron chi connectivity index (χ4n) is 2.10. The van der Waals surface area contributed by atoms with Crippen molar-refractivity contribution in [2.75, 3.05) is 6.61 Å². The van der Waals surface area contributed by atoms with Crippen molar-refractivity contribution >= 4 is 37.4 Å². The number of thiophene rings is 1. The Hall–Kier alpha value is -0.368. The molecule has 16 heavy (non-hydrogen) atoms. The summed E-state index contributed by atoms with van der Waals surface area (Å²) >= 11 is 2.63. The zero-order chi connectivity index (χ0) is 11.0. The van der Waals surface area contributed by atoms with Crippen LogP contribution in [0.3, 0.4) is 0 Å². The van der Waals surface area contributed by atoms with Gasteiger partial charge in [-0.2, -0.15) is 0 Å². The molecular formula is C11H11N2OSTl. The molecule has 0 fully saturated rings. The first-order valence-corrected chi connectivity index (χ1v) is 8.20. The zero-order valence-electron chi connectivity index (χ0n) is 8.80. The molecular weight excluding hydrogens is 413 g/mol. The molecule has 0 N–H and O–H groups in total. The summed E-state index contributed by atoms with van der Waals surface area (Å²) in [6.45, 7) is 0.845. The molecule has 1 aliphatic heterocycles. The van der Waals surface area contributed by atoms with Gasteiger partial charge in [0.05, 0.1) is 0 Å². The van der Waals surface area contributed by atoms with Crippen molar-refractivity contribution in [1.82, 2.24) is 7.36 Å². The second-order valence-corrected chi connectivity index (χ2v) is 7.27. The van der Waals surface area contributed by atoms with Crippen molar-refractivity contribution in [3.05, 3.63) is 34.5 Å². The number of aromatic nitrogens is 2. The van der Waals surface area contributed by atoms with E-state index in [0.717, 1.165) is 51.3 Å². The normalized spacial score (nSPS) is 19.1. The van der Waals surface area contributed by atoms with Gasteiger partial charge in [0.25, 0.3) is 0 Å². The van der Waals surface area contributed by atoms with E-state index in [1.165, 1.54) is 10.6 Å². The molecule has 0 amide bonds. The van der Waals surface area contributed by atoms with E-state index < -0.39 is 0 Å². The molecule has 0 radical (unpaired) electrons. The van der Waals surface area contributed by atoms with E-state index in [-0.39, 0.29) is 0 Å². The van der Waals surface area contributed by atoms with Crippen molar-refractivity contribution in [3.8, 4) is 5.75 Å². The Morgan fingerprint density at radius 3 is 3.38 bits per heavy atom. The van der Waals surface area contributed by atoms with Gasteiger partial charge in [-0.05, 0) is 0 Å². The van der Waals surface area contributed by atoms with Gasteiger partial charge in [-0.1, -0.05) is 0 Å². The molecule has 0 saturated heterocycles. The Bertz CT molecular complexity index is 494. The molecule has 0 aliphatic carbocycles. The van der Waals surface area contributed by atoms with Gasteiger partial charge >= 0.3 is 115 Å². The van der Waals surface area contributed by atoms with Gasteiger partial charge in [-0.25, -0.2) is 0 Å². The van der Waals surface area contributed by atoms with Crippen molar-refractivity contribution < 1.29 is 4.74 Å². The summed E-state index contributed by atoms with van der Waals surface area (Å²) in [5, 5.41) is 2.12. The van der Waals surface area contributed by atoms with Gasteiger partial charge in [-0.3, -0.25) is 0 Å². The van der Waals surface area contributed by atoms with E-state index in [9.17, 15) is 0 Å². The Labute approximate surface area is 115 Å². The second kappa shape index (κ2) is 4.48. The molecule has 0 spiro atoms. The third kappa shape index (κ3) is 2.04. The fourth-order valence-corrected chi connectivity index (χ4v) is 4.00. The maximum absolute atomic E-state index is 5.63. The summed E-state index contributed by atoms with van der Waals surface area (Å²) in [6.07, 6.45) is 6.28. The van der Waals surface area contributed by atoms with Crippen LogP contribution in [-0.4, -0.2) is 40.0 Å². The molecule has 0 aromatic carbocycles. The summed E-state index contributed by atoms with van der Waals surface area (Å²) in [5.41, 5.74) is 1.22. The molecule has 3 heterocycles. The van der Waals surface area contributed by atoms with Crippen LogP contribution in [-0.2, 0) is 6.42 Å². The number of hydrogen-bond donors (Lipinski definition) is 0. The monoisotopic (exact) mass is 424 g/mol. The van der Waals surface area contributed by atoms with Crippen LogP contribution in [0.25, 0.3) is 0 Å². The summed E-state index contributed by atoms with van der Waals surface area (Å²) in [6, 6.07) is 2.08. The Morgan fingerprint density at radius 1 is 1.62 bits per heavy atom. The quantitative estimate of drug-likeness (QED) is 0.691. The van der Waals surface area contributed by atoms with Gasteiger partial charge in [0.2, 0.25) is 0 Å². The number of ether oxygens (including phenoxy) is 1. The van der Waals surface area contributed by atoms with Crippen LogP contribution in [0.15, 0.2) is 24.0 Å². The van der Waals surface area contributed by atoms with E-state index in [1.807, 2.05) is 17.7 Å². The average molecular weight is 424 g/mol. The van der Waals surface area contributed by atoms with Crippen LogP contribution in [0.2, 0.25) is 0 Å². The standard InChI is InChI=1S/C11H11N2OS.Tl/c1-3-14-10-2-4-15-11(10)8(1)5-9-6-12-7-13-9;/h2,4,6-8H,1,3,5H2;/q-1;+1. The minimum atomic E-state index is 0.601. The molecule has 5 heteroatoms. The number of hydrogen-bond acceptors (Lipinski definition) is 3. The second-order valence-electron chi connectivity index (χ2n) is 4.00. The summed E-state index contributed by atoms with van der Waals surface area (Å²) in [7, 11) is 0. The van der Waals surface area contributed by atoms with Gasteiger partial charge < -0.3 is 0 Å². The molecule has 80 valence electrons. The summed E-state index contributed by atoms with van der Waals surface area (Å²) < 4.78 is 7.80. The van der Waals surface area contributed by atoms with Gasteiger partial charge in [-0.15, -0.1) is 0 Å². The van der Waals surface area contributed by atoms with Crippen LogP contribution in [0, 0.1) is 0 Å². The molecule has 1 unspecified atom stereocenters. The first-order chi connectivity index (χ1) is 7.83. The third-order valence-corrected chi connectivity index (χ3v) is 5.02. The maximum atomic E-state index is 5.63. The topological polar surface area (TPSA) is 27.1 Å². The number of fused-ring (bicyclic) bond motifs is 1. The van der Waals surface area contributed by atoms with Crippen molar-refractivity contribution in [2.45, 2.75) is 18.8 Å². The first-order valence-electron chi connectivity index (χ1n) is 5.31. The molecule has 0 bridgehead atoms. The molecule has 2 aromatic rings. The minimum absolute atomic E-state index is 0.601. The van der Waals surface area contributed by atoms with Crippen LogP contribution >= 0.6 is 11.3 Å². The number of rotatable bonds is 2. The SMILES string of the molecule is [Tl][n]1cnc(CC2CCOc3ccsc32)c1. The number of nitrogens with zero attached hydrogens (tertiary/aromatic N) is 2. The van der Waals surface area contributed by atoms with Gasteiger partial charge in [0.15, 0.2) is 0 Å². The molecule has 2 aromatic heterocycles. The summed E-state index contributed by atoms with van der Waals surface area (Å²) in [4.78, 5) is 5.84. The van der Waals surface area contributed by atoms with Crippen molar-refractivity contribution in [2.24, 2.45) is 0 Å². The number of imidazole rings is 1. The molecule has 3 nitrogen and oxygen atoms in total. The average Bonchev–Trinajstić information content (AvgIpc) is 2.87. The molecule has 1 atom stereocenters. The fraction of sp³-hybridized carbons (Fsp3) is 0.364. The van der Waals surface area contributed by atoms with Crippen molar-refractivity contribution in [1.29, 1.82) is 0 Å². The van der Waals surface area contributed by atoms with E-state index >= 15 is 0 Å². The Morgan fingerprint density at radius 2 is 2.56 bits per heavy atom. The Kier molecular flexibility index (Phi) is 3.02. The predicted molar refractivity (Wildman–Crippen MR) is 64.3 cm³/mol. The van der Waals surface area contributed by atoms with Crippen LogP contribution in [0.4, 0.5) is 0 Å². The van der Waals surface area contributed by atoms with E-state index in [1.54, 1.807) is 0 Å². The van der Waals surface area contributed by atoms with Gasteiger partial charge in [0, 0.05) is 0 Å².